The van der Waals surface area contributed by atoms with Gasteiger partial charge in [-0.1, -0.05) is 0 Å². The average Bonchev–Trinajstić information content (AvgIpc) is 3.16. The average molecular weight is 453 g/mol. The summed E-state index contributed by atoms with van der Waals surface area (Å²) in [5.74, 6) is 0.0784. The molecule has 4 amide bonds. The molecule has 2 aliphatic rings. The number of imide groups is 1. The molecule has 164 valence electrons. The minimum Gasteiger partial charge on any atom is -0.367 e. The summed E-state index contributed by atoms with van der Waals surface area (Å²) in [5.41, 5.74) is 7.36. The summed E-state index contributed by atoms with van der Waals surface area (Å²) in [6, 6.07) is 5.30. The van der Waals surface area contributed by atoms with Gasteiger partial charge in [-0.15, -0.1) is 11.3 Å². The Balaban J connectivity index is 1.55. The number of nitrogens with zero attached hydrogens (tertiary/aromatic N) is 3. The molecule has 1 aliphatic carbocycles. The lowest BCUT2D eigenvalue weighted by Crippen LogP contribution is -2.28. The monoisotopic (exact) mass is 452 g/mol. The summed E-state index contributed by atoms with van der Waals surface area (Å²) in [4.78, 5) is 41.7. The van der Waals surface area contributed by atoms with Crippen LogP contribution in [-0.2, 0) is 4.79 Å². The van der Waals surface area contributed by atoms with Crippen molar-refractivity contribution in [1.82, 2.24) is 30.5 Å². The topological polar surface area (TPSA) is 156 Å². The highest BCUT2D eigenvalue weighted by Crippen LogP contribution is 2.32. The lowest BCUT2D eigenvalue weighted by atomic mass is 10.2. The maximum Gasteiger partial charge on any atom is 0.326 e. The van der Waals surface area contributed by atoms with Crippen LogP contribution in [0.1, 0.15) is 28.1 Å². The predicted octanol–water partition coefficient (Wildman–Crippen LogP) is 0.901. The standard InChI is InChI=1S/C20H20N8O3S/c21-5-6-22-19(30)15-4-3-14(32-15)12-8-16(24-11-1-2-11)28-17(25-12)10(9-23-28)7-13-18(29)27-20(31)26-13/h3-4,7-9,11,24H,1-2,5-6,21H2,(H,22,30)(H2,26,27,29,31)/b13-7-. The van der Waals surface area contributed by atoms with Gasteiger partial charge in [0.1, 0.15) is 11.5 Å². The zero-order valence-electron chi connectivity index (χ0n) is 16.8. The number of aromatic nitrogens is 3. The van der Waals surface area contributed by atoms with Gasteiger partial charge in [0, 0.05) is 30.8 Å². The van der Waals surface area contributed by atoms with Crippen molar-refractivity contribution in [2.24, 2.45) is 5.73 Å². The number of rotatable bonds is 7. The summed E-state index contributed by atoms with van der Waals surface area (Å²) in [5, 5.41) is 15.3. The van der Waals surface area contributed by atoms with Gasteiger partial charge in [-0.25, -0.2) is 9.78 Å². The number of hydrogen-bond donors (Lipinski definition) is 5. The van der Waals surface area contributed by atoms with E-state index < -0.39 is 11.9 Å². The highest BCUT2D eigenvalue weighted by atomic mass is 32.1. The molecule has 1 aliphatic heterocycles. The smallest absolute Gasteiger partial charge is 0.326 e. The second-order valence-electron chi connectivity index (χ2n) is 7.46. The van der Waals surface area contributed by atoms with Gasteiger partial charge in [-0.3, -0.25) is 14.9 Å². The number of carbonyl (C=O) groups excluding carboxylic acids is 3. The minimum absolute atomic E-state index is 0.129. The Kier molecular flexibility index (Phi) is 5.07. The fraction of sp³-hybridized carbons (Fsp3) is 0.250. The second kappa shape index (κ2) is 8.05. The Labute approximate surface area is 186 Å². The molecule has 3 aromatic heterocycles. The van der Waals surface area contributed by atoms with Gasteiger partial charge in [0.2, 0.25) is 0 Å². The van der Waals surface area contributed by atoms with Gasteiger partial charge in [0.15, 0.2) is 5.65 Å². The molecule has 6 N–H and O–H groups in total. The summed E-state index contributed by atoms with van der Waals surface area (Å²) in [6.45, 7) is 0.778. The molecule has 5 rings (SSSR count). The van der Waals surface area contributed by atoms with Gasteiger partial charge in [0.25, 0.3) is 11.8 Å². The molecule has 0 spiro atoms. The SMILES string of the molecule is NCCNC(=O)c1ccc(-c2cc(NC3CC3)n3ncc(/C=C4\NC(=O)NC4=O)c3n2)s1. The summed E-state index contributed by atoms with van der Waals surface area (Å²) >= 11 is 1.33. The van der Waals surface area contributed by atoms with E-state index in [0.29, 0.717) is 40.9 Å². The van der Waals surface area contributed by atoms with Crippen molar-refractivity contribution in [2.45, 2.75) is 18.9 Å². The molecule has 0 atom stereocenters. The van der Waals surface area contributed by atoms with E-state index >= 15 is 0 Å². The number of nitrogens with two attached hydrogens (primary N) is 1. The Morgan fingerprint density at radius 1 is 1.31 bits per heavy atom. The fourth-order valence-electron chi connectivity index (χ4n) is 3.26. The molecule has 3 aromatic rings. The molecule has 4 heterocycles. The van der Waals surface area contributed by atoms with E-state index in [1.165, 1.54) is 11.3 Å². The first-order chi connectivity index (χ1) is 15.5. The zero-order valence-corrected chi connectivity index (χ0v) is 17.7. The lowest BCUT2D eigenvalue weighted by molar-refractivity contribution is -0.115. The number of carbonyl (C=O) groups is 3. The molecular formula is C20H20N8O3S. The highest BCUT2D eigenvalue weighted by molar-refractivity contribution is 7.17. The van der Waals surface area contributed by atoms with Crippen molar-refractivity contribution >= 4 is 46.7 Å². The van der Waals surface area contributed by atoms with E-state index in [-0.39, 0.29) is 11.6 Å². The van der Waals surface area contributed by atoms with Gasteiger partial charge < -0.3 is 21.7 Å². The molecule has 1 saturated heterocycles. The van der Waals surface area contributed by atoms with E-state index in [9.17, 15) is 14.4 Å². The number of hydrogen-bond acceptors (Lipinski definition) is 8. The van der Waals surface area contributed by atoms with Crippen molar-refractivity contribution in [3.63, 3.8) is 0 Å². The minimum atomic E-state index is -0.568. The summed E-state index contributed by atoms with van der Waals surface area (Å²) in [6.07, 6.45) is 5.29. The third-order valence-electron chi connectivity index (χ3n) is 4.96. The van der Waals surface area contributed by atoms with E-state index in [4.69, 9.17) is 10.7 Å². The van der Waals surface area contributed by atoms with Gasteiger partial charge >= 0.3 is 6.03 Å². The van der Waals surface area contributed by atoms with Crippen LogP contribution in [0.15, 0.2) is 30.1 Å². The van der Waals surface area contributed by atoms with E-state index in [1.54, 1.807) is 22.9 Å². The number of fused-ring (bicyclic) bond motifs is 1. The molecule has 2 fully saturated rings. The Hall–Kier alpha value is -3.77. The third-order valence-corrected chi connectivity index (χ3v) is 6.07. The van der Waals surface area contributed by atoms with Crippen molar-refractivity contribution in [3.8, 4) is 10.6 Å². The molecule has 0 bridgehead atoms. The maximum atomic E-state index is 12.3. The Bertz CT molecular complexity index is 1270. The quantitative estimate of drug-likeness (QED) is 0.263. The molecule has 32 heavy (non-hydrogen) atoms. The van der Waals surface area contributed by atoms with Crippen LogP contribution >= 0.6 is 11.3 Å². The molecular weight excluding hydrogens is 432 g/mol. The number of thiophene rings is 1. The van der Waals surface area contributed by atoms with E-state index in [2.05, 4.69) is 26.4 Å². The van der Waals surface area contributed by atoms with Crippen LogP contribution in [0.3, 0.4) is 0 Å². The van der Waals surface area contributed by atoms with Crippen LogP contribution in [0.5, 0.6) is 0 Å². The van der Waals surface area contributed by atoms with Crippen LogP contribution in [-0.4, -0.2) is 51.6 Å². The van der Waals surface area contributed by atoms with Crippen LogP contribution < -0.4 is 27.0 Å². The first kappa shape index (κ1) is 20.2. The first-order valence-corrected chi connectivity index (χ1v) is 10.9. The molecule has 0 aromatic carbocycles. The van der Waals surface area contributed by atoms with E-state index in [1.807, 2.05) is 12.1 Å². The third kappa shape index (κ3) is 3.92. The van der Waals surface area contributed by atoms with Crippen LogP contribution in [0, 0.1) is 0 Å². The molecule has 0 radical (unpaired) electrons. The van der Waals surface area contributed by atoms with Crippen LogP contribution in [0.25, 0.3) is 22.3 Å². The maximum absolute atomic E-state index is 12.3. The van der Waals surface area contributed by atoms with E-state index in [0.717, 1.165) is 23.5 Å². The van der Waals surface area contributed by atoms with Gasteiger partial charge in [0.05, 0.1) is 21.6 Å². The van der Waals surface area contributed by atoms with Crippen molar-refractivity contribution in [1.29, 1.82) is 0 Å². The molecule has 0 unspecified atom stereocenters. The summed E-state index contributed by atoms with van der Waals surface area (Å²) < 4.78 is 1.67. The molecule has 1 saturated carbocycles. The predicted molar refractivity (Wildman–Crippen MR) is 119 cm³/mol. The second-order valence-corrected chi connectivity index (χ2v) is 8.54. The van der Waals surface area contributed by atoms with Gasteiger partial charge in [-0.05, 0) is 31.1 Å². The number of anilines is 1. The highest BCUT2D eigenvalue weighted by Gasteiger charge is 2.25. The Morgan fingerprint density at radius 3 is 2.88 bits per heavy atom. The normalized spacial score (nSPS) is 17.0. The van der Waals surface area contributed by atoms with Crippen LogP contribution in [0.4, 0.5) is 10.6 Å². The number of urea groups is 1. The Morgan fingerprint density at radius 2 is 2.16 bits per heavy atom. The van der Waals surface area contributed by atoms with Crippen molar-refractivity contribution < 1.29 is 14.4 Å². The number of nitrogens with one attached hydrogen (secondary N) is 4. The fourth-order valence-corrected chi connectivity index (χ4v) is 4.14. The number of amides is 4. The van der Waals surface area contributed by atoms with Crippen LogP contribution in [0.2, 0.25) is 0 Å². The lowest BCUT2D eigenvalue weighted by Gasteiger charge is -2.09. The first-order valence-electron chi connectivity index (χ1n) is 10.1. The van der Waals surface area contributed by atoms with Crippen molar-refractivity contribution in [3.05, 3.63) is 40.5 Å². The largest absolute Gasteiger partial charge is 0.367 e. The molecule has 12 heteroatoms. The molecule has 11 nitrogen and oxygen atoms in total. The van der Waals surface area contributed by atoms with Gasteiger partial charge in [-0.2, -0.15) is 9.61 Å². The zero-order chi connectivity index (χ0) is 22.2. The summed E-state index contributed by atoms with van der Waals surface area (Å²) in [7, 11) is 0. The van der Waals surface area contributed by atoms with Crippen molar-refractivity contribution in [2.75, 3.05) is 18.4 Å².